The summed E-state index contributed by atoms with van der Waals surface area (Å²) in [6.07, 6.45) is 0.496. The van der Waals surface area contributed by atoms with E-state index >= 15 is 0 Å². The fourth-order valence-electron chi connectivity index (χ4n) is 2.31. The number of Topliss-reactive ketones (excluding diaryl/α,β-unsaturated/α-hetero) is 1. The highest BCUT2D eigenvalue weighted by molar-refractivity contribution is 5.81. The molecule has 0 unspecified atom stereocenters. The van der Waals surface area contributed by atoms with Gasteiger partial charge in [-0.15, -0.1) is 0 Å². The summed E-state index contributed by atoms with van der Waals surface area (Å²) >= 11 is 0. The average molecular weight is 244 g/mol. The zero-order valence-corrected chi connectivity index (χ0v) is 10.8. The van der Waals surface area contributed by atoms with Gasteiger partial charge in [-0.3, -0.25) is 9.59 Å². The number of rotatable bonds is 6. The van der Waals surface area contributed by atoms with E-state index in [0.717, 1.165) is 0 Å². The Kier molecular flexibility index (Phi) is 5.08. The highest BCUT2D eigenvalue weighted by atomic mass is 16.7. The maximum Gasteiger partial charge on any atom is 0.309 e. The van der Waals surface area contributed by atoms with E-state index in [-0.39, 0.29) is 42.4 Å². The van der Waals surface area contributed by atoms with Gasteiger partial charge in [0, 0.05) is 18.9 Å². The molecule has 0 aromatic rings. The molecular formula is C12H20O5. The molecule has 0 amide bonds. The topological polar surface area (TPSA) is 61.8 Å². The third-order valence-electron chi connectivity index (χ3n) is 3.50. The van der Waals surface area contributed by atoms with Crippen LogP contribution in [0.5, 0.6) is 0 Å². The van der Waals surface area contributed by atoms with Gasteiger partial charge in [0.25, 0.3) is 0 Å². The molecule has 0 heterocycles. The molecule has 1 aliphatic carbocycles. The van der Waals surface area contributed by atoms with E-state index in [0.29, 0.717) is 6.42 Å². The molecular weight excluding hydrogens is 224 g/mol. The van der Waals surface area contributed by atoms with Gasteiger partial charge in [0.2, 0.25) is 0 Å². The summed E-state index contributed by atoms with van der Waals surface area (Å²) in [6.45, 7) is 3.54. The van der Waals surface area contributed by atoms with E-state index in [1.54, 1.807) is 7.11 Å². The first-order valence-corrected chi connectivity index (χ1v) is 5.71. The molecule has 0 radical (unpaired) electrons. The summed E-state index contributed by atoms with van der Waals surface area (Å²) in [5.41, 5.74) is 0. The van der Waals surface area contributed by atoms with Crippen LogP contribution in [-0.4, -0.2) is 38.9 Å². The van der Waals surface area contributed by atoms with E-state index in [4.69, 9.17) is 14.2 Å². The van der Waals surface area contributed by atoms with E-state index in [1.807, 2.05) is 6.92 Å². The van der Waals surface area contributed by atoms with Crippen LogP contribution in [0.15, 0.2) is 0 Å². The average Bonchev–Trinajstić information content (AvgIpc) is 2.27. The van der Waals surface area contributed by atoms with Gasteiger partial charge >= 0.3 is 5.97 Å². The Morgan fingerprint density at radius 3 is 2.47 bits per heavy atom. The van der Waals surface area contributed by atoms with Gasteiger partial charge < -0.3 is 14.2 Å². The van der Waals surface area contributed by atoms with Crippen molar-refractivity contribution in [2.45, 2.75) is 26.4 Å². The predicted molar refractivity (Wildman–Crippen MR) is 60.2 cm³/mol. The second-order valence-corrected chi connectivity index (χ2v) is 4.45. The van der Waals surface area contributed by atoms with Gasteiger partial charge in [-0.25, -0.2) is 0 Å². The van der Waals surface area contributed by atoms with Crippen LogP contribution in [0, 0.1) is 17.8 Å². The first-order chi connectivity index (χ1) is 8.02. The Morgan fingerprint density at radius 2 is 2.00 bits per heavy atom. The molecule has 17 heavy (non-hydrogen) atoms. The molecule has 5 heteroatoms. The first-order valence-electron chi connectivity index (χ1n) is 5.71. The van der Waals surface area contributed by atoms with Crippen LogP contribution in [-0.2, 0) is 23.8 Å². The number of carbonyl (C=O) groups excluding carboxylic acids is 2. The molecule has 1 aliphatic rings. The molecule has 1 saturated carbocycles. The van der Waals surface area contributed by atoms with Crippen molar-refractivity contribution in [3.8, 4) is 0 Å². The number of esters is 1. The zero-order valence-electron chi connectivity index (χ0n) is 10.8. The molecule has 0 spiro atoms. The van der Waals surface area contributed by atoms with E-state index in [2.05, 4.69) is 0 Å². The smallest absolute Gasteiger partial charge is 0.309 e. The molecule has 1 fully saturated rings. The second kappa shape index (κ2) is 6.12. The number of ketones is 1. The van der Waals surface area contributed by atoms with Crippen LogP contribution in [0.4, 0.5) is 0 Å². The number of ether oxygens (including phenoxy) is 3. The Labute approximate surface area is 101 Å². The van der Waals surface area contributed by atoms with Crippen LogP contribution >= 0.6 is 0 Å². The van der Waals surface area contributed by atoms with Crippen molar-refractivity contribution < 1.29 is 23.8 Å². The zero-order chi connectivity index (χ0) is 13.0. The third kappa shape index (κ3) is 3.04. The molecule has 0 saturated heterocycles. The van der Waals surface area contributed by atoms with Crippen molar-refractivity contribution in [2.75, 3.05) is 21.0 Å². The lowest BCUT2D eigenvalue weighted by Gasteiger charge is -2.44. The van der Waals surface area contributed by atoms with Crippen LogP contribution < -0.4 is 0 Å². The minimum atomic E-state index is -0.264. The molecule has 0 aromatic carbocycles. The standard InChI is InChI=1S/C12H20O5/c1-7(8(2)13)11-9(12(14)16-4)5-10(11)17-6-15-3/h7,9-11H,5-6H2,1-4H3/t7-,9+,10-,11+/m1/s1. The molecule has 1 rings (SSSR count). The molecule has 0 aliphatic heterocycles. The van der Waals surface area contributed by atoms with Crippen molar-refractivity contribution in [3.63, 3.8) is 0 Å². The fraction of sp³-hybridized carbons (Fsp3) is 0.833. The quantitative estimate of drug-likeness (QED) is 0.515. The second-order valence-electron chi connectivity index (χ2n) is 4.45. The monoisotopic (exact) mass is 244 g/mol. The van der Waals surface area contributed by atoms with Gasteiger partial charge in [-0.05, 0) is 13.3 Å². The molecule has 0 N–H and O–H groups in total. The largest absolute Gasteiger partial charge is 0.469 e. The Hall–Kier alpha value is -0.940. The SMILES string of the molecule is COCO[C@@H]1C[C@H](C(=O)OC)[C@@H]1[C@H](C)C(C)=O. The van der Waals surface area contributed by atoms with Gasteiger partial charge in [0.1, 0.15) is 12.6 Å². The minimum Gasteiger partial charge on any atom is -0.469 e. The molecule has 4 atom stereocenters. The lowest BCUT2D eigenvalue weighted by molar-refractivity contribution is -0.185. The van der Waals surface area contributed by atoms with Gasteiger partial charge in [0.05, 0.1) is 19.1 Å². The van der Waals surface area contributed by atoms with Gasteiger partial charge in [-0.2, -0.15) is 0 Å². The van der Waals surface area contributed by atoms with Crippen LogP contribution in [0.3, 0.4) is 0 Å². The van der Waals surface area contributed by atoms with Crippen molar-refractivity contribution in [1.29, 1.82) is 0 Å². The van der Waals surface area contributed by atoms with Gasteiger partial charge in [-0.1, -0.05) is 6.92 Å². The summed E-state index contributed by atoms with van der Waals surface area (Å²) in [6, 6.07) is 0. The van der Waals surface area contributed by atoms with E-state index in [9.17, 15) is 9.59 Å². The fourth-order valence-corrected chi connectivity index (χ4v) is 2.31. The Morgan fingerprint density at radius 1 is 1.35 bits per heavy atom. The lowest BCUT2D eigenvalue weighted by atomic mass is 9.64. The Bertz CT molecular complexity index is 289. The summed E-state index contributed by atoms with van der Waals surface area (Å²) < 4.78 is 15.0. The van der Waals surface area contributed by atoms with Gasteiger partial charge in [0.15, 0.2) is 0 Å². The normalized spacial score (nSPS) is 29.3. The third-order valence-corrected chi connectivity index (χ3v) is 3.50. The molecule has 5 nitrogen and oxygen atoms in total. The van der Waals surface area contributed by atoms with Crippen LogP contribution in [0.2, 0.25) is 0 Å². The van der Waals surface area contributed by atoms with Crippen molar-refractivity contribution in [1.82, 2.24) is 0 Å². The summed E-state index contributed by atoms with van der Waals surface area (Å²) in [7, 11) is 2.90. The summed E-state index contributed by atoms with van der Waals surface area (Å²) in [4.78, 5) is 22.9. The Balaban J connectivity index is 2.65. The lowest BCUT2D eigenvalue weighted by Crippen LogP contribution is -2.52. The van der Waals surface area contributed by atoms with Crippen molar-refractivity contribution >= 4 is 11.8 Å². The number of hydrogen-bond acceptors (Lipinski definition) is 5. The van der Waals surface area contributed by atoms with Crippen molar-refractivity contribution in [3.05, 3.63) is 0 Å². The molecule has 0 bridgehead atoms. The number of carbonyl (C=O) groups is 2. The summed E-state index contributed by atoms with van der Waals surface area (Å²) in [5, 5.41) is 0. The minimum absolute atomic E-state index is 0.0645. The molecule has 98 valence electrons. The first kappa shape index (κ1) is 14.1. The maximum absolute atomic E-state index is 11.5. The van der Waals surface area contributed by atoms with E-state index in [1.165, 1.54) is 14.0 Å². The summed E-state index contributed by atoms with van der Waals surface area (Å²) in [5.74, 6) is -0.736. The predicted octanol–water partition coefficient (Wildman–Crippen LogP) is 1.01. The number of hydrogen-bond donors (Lipinski definition) is 0. The van der Waals surface area contributed by atoms with Crippen molar-refractivity contribution in [2.24, 2.45) is 17.8 Å². The van der Waals surface area contributed by atoms with E-state index < -0.39 is 0 Å². The van der Waals surface area contributed by atoms with Crippen LogP contribution in [0.1, 0.15) is 20.3 Å². The highest BCUT2D eigenvalue weighted by Crippen LogP contribution is 2.43. The maximum atomic E-state index is 11.5. The highest BCUT2D eigenvalue weighted by Gasteiger charge is 2.50. The van der Waals surface area contributed by atoms with Crippen LogP contribution in [0.25, 0.3) is 0 Å². The number of methoxy groups -OCH3 is 2. The molecule has 0 aromatic heterocycles.